The van der Waals surface area contributed by atoms with Crippen molar-refractivity contribution in [3.05, 3.63) is 65.1 Å². The van der Waals surface area contributed by atoms with Crippen molar-refractivity contribution in [2.45, 2.75) is 11.8 Å². The second-order valence-corrected chi connectivity index (χ2v) is 9.75. The van der Waals surface area contributed by atoms with Gasteiger partial charge in [0, 0.05) is 38.7 Å². The van der Waals surface area contributed by atoms with Crippen LogP contribution in [0.4, 0.5) is 0 Å². The topological polar surface area (TPSA) is 96.3 Å². The van der Waals surface area contributed by atoms with E-state index in [1.54, 1.807) is 60.4 Å². The number of benzene rings is 2. The Morgan fingerprint density at radius 1 is 1.03 bits per heavy atom. The molecule has 0 aliphatic carbocycles. The van der Waals surface area contributed by atoms with E-state index >= 15 is 0 Å². The van der Waals surface area contributed by atoms with Crippen LogP contribution in [0.3, 0.4) is 0 Å². The third-order valence-corrected chi connectivity index (χ3v) is 7.33. The van der Waals surface area contributed by atoms with Gasteiger partial charge >= 0.3 is 10.1 Å². The third kappa shape index (κ3) is 4.86. The molecule has 32 heavy (non-hydrogen) atoms. The molecule has 0 radical (unpaired) electrons. The Bertz CT molecular complexity index is 1200. The summed E-state index contributed by atoms with van der Waals surface area (Å²) in [6.45, 7) is 3.90. The molecule has 10 heteroatoms. The van der Waals surface area contributed by atoms with Crippen LogP contribution < -0.4 is 4.18 Å². The van der Waals surface area contributed by atoms with E-state index in [9.17, 15) is 18.0 Å². The summed E-state index contributed by atoms with van der Waals surface area (Å²) in [5, 5.41) is 0.583. The summed E-state index contributed by atoms with van der Waals surface area (Å²) in [4.78, 5) is 32.3. The fourth-order valence-electron chi connectivity index (χ4n) is 3.32. The van der Waals surface area contributed by atoms with E-state index in [-0.39, 0.29) is 22.5 Å². The van der Waals surface area contributed by atoms with E-state index in [0.29, 0.717) is 41.8 Å². The lowest BCUT2D eigenvalue weighted by Crippen LogP contribution is -2.49. The SMILES string of the molecule is CC(=O)N1CCN(C2=NC(=O)/C(=C\c3ccccc3OS(=O)(=O)c3ccccc3)S2)CC1. The van der Waals surface area contributed by atoms with Crippen molar-refractivity contribution in [1.29, 1.82) is 0 Å². The van der Waals surface area contributed by atoms with Crippen LogP contribution in [-0.4, -0.2) is 61.4 Å². The molecule has 4 rings (SSSR count). The normalized spacial score (nSPS) is 18.1. The highest BCUT2D eigenvalue weighted by Crippen LogP contribution is 2.33. The number of amidine groups is 1. The molecular formula is C22H21N3O5S2. The van der Waals surface area contributed by atoms with Crippen molar-refractivity contribution in [1.82, 2.24) is 9.80 Å². The number of carbonyl (C=O) groups is 2. The molecule has 1 fully saturated rings. The Morgan fingerprint density at radius 3 is 2.38 bits per heavy atom. The predicted molar refractivity (Wildman–Crippen MR) is 123 cm³/mol. The van der Waals surface area contributed by atoms with Gasteiger partial charge in [0.2, 0.25) is 5.91 Å². The van der Waals surface area contributed by atoms with Crippen molar-refractivity contribution >= 4 is 44.9 Å². The summed E-state index contributed by atoms with van der Waals surface area (Å²) >= 11 is 1.23. The average Bonchev–Trinajstić information content (AvgIpc) is 3.16. The monoisotopic (exact) mass is 471 g/mol. The molecule has 2 aliphatic rings. The molecule has 0 aromatic heterocycles. The van der Waals surface area contributed by atoms with Gasteiger partial charge in [-0.15, -0.1) is 0 Å². The van der Waals surface area contributed by atoms with Crippen LogP contribution >= 0.6 is 11.8 Å². The van der Waals surface area contributed by atoms with Gasteiger partial charge < -0.3 is 14.0 Å². The average molecular weight is 472 g/mol. The molecule has 2 amide bonds. The van der Waals surface area contributed by atoms with E-state index in [0.717, 1.165) is 0 Å². The fourth-order valence-corrected chi connectivity index (χ4v) is 5.25. The number of hydrogen-bond donors (Lipinski definition) is 0. The maximum absolute atomic E-state index is 12.6. The van der Waals surface area contributed by atoms with Crippen molar-refractivity contribution in [2.75, 3.05) is 26.2 Å². The Morgan fingerprint density at radius 2 is 1.69 bits per heavy atom. The van der Waals surface area contributed by atoms with Gasteiger partial charge in [0.15, 0.2) is 5.17 Å². The molecule has 2 aliphatic heterocycles. The first kappa shape index (κ1) is 22.1. The van der Waals surface area contributed by atoms with Gasteiger partial charge in [0.25, 0.3) is 5.91 Å². The standard InChI is InChI=1S/C22H21N3O5S2/c1-16(26)24-11-13-25(14-12-24)22-23-21(27)20(31-22)15-17-7-5-6-10-19(17)30-32(28,29)18-8-3-2-4-9-18/h2-10,15H,11-14H2,1H3/b20-15+. The van der Waals surface area contributed by atoms with E-state index in [4.69, 9.17) is 4.18 Å². The zero-order valence-corrected chi connectivity index (χ0v) is 18.9. The summed E-state index contributed by atoms with van der Waals surface area (Å²) in [6, 6.07) is 14.5. The summed E-state index contributed by atoms with van der Waals surface area (Å²) in [5.41, 5.74) is 0.459. The summed E-state index contributed by atoms with van der Waals surface area (Å²) < 4.78 is 30.6. The van der Waals surface area contributed by atoms with Gasteiger partial charge in [-0.25, -0.2) is 0 Å². The molecule has 8 nitrogen and oxygen atoms in total. The highest BCUT2D eigenvalue weighted by molar-refractivity contribution is 8.18. The minimum Gasteiger partial charge on any atom is -0.378 e. The first-order valence-corrected chi connectivity index (χ1v) is 12.2. The zero-order valence-electron chi connectivity index (χ0n) is 17.3. The largest absolute Gasteiger partial charge is 0.378 e. The van der Waals surface area contributed by atoms with Gasteiger partial charge in [0.05, 0.1) is 4.91 Å². The van der Waals surface area contributed by atoms with E-state index in [1.807, 2.05) is 4.90 Å². The molecule has 0 unspecified atom stereocenters. The smallest absolute Gasteiger partial charge is 0.339 e. The van der Waals surface area contributed by atoms with E-state index in [1.165, 1.54) is 23.9 Å². The summed E-state index contributed by atoms with van der Waals surface area (Å²) in [6.07, 6.45) is 1.59. The lowest BCUT2D eigenvalue weighted by Gasteiger charge is -2.34. The summed E-state index contributed by atoms with van der Waals surface area (Å²) in [7, 11) is -4.01. The lowest BCUT2D eigenvalue weighted by molar-refractivity contribution is -0.130. The molecule has 1 saturated heterocycles. The highest BCUT2D eigenvalue weighted by Gasteiger charge is 2.29. The molecule has 2 heterocycles. The minimum atomic E-state index is -4.01. The lowest BCUT2D eigenvalue weighted by atomic mass is 10.2. The highest BCUT2D eigenvalue weighted by atomic mass is 32.2. The quantitative estimate of drug-likeness (QED) is 0.499. The second-order valence-electron chi connectivity index (χ2n) is 7.19. The second kappa shape index (κ2) is 9.17. The third-order valence-electron chi connectivity index (χ3n) is 5.04. The number of aliphatic imine (C=N–C) groups is 1. The van der Waals surface area contributed by atoms with E-state index < -0.39 is 10.1 Å². The van der Waals surface area contributed by atoms with Crippen molar-refractivity contribution < 1.29 is 22.2 Å². The van der Waals surface area contributed by atoms with Crippen LogP contribution in [0.2, 0.25) is 0 Å². The Balaban J connectivity index is 1.51. The first-order valence-electron chi connectivity index (χ1n) is 9.95. The molecule has 0 N–H and O–H groups in total. The number of rotatable bonds is 4. The Hall–Kier alpha value is -3.11. The number of amides is 2. The molecule has 0 atom stereocenters. The number of nitrogens with zero attached hydrogens (tertiary/aromatic N) is 3. The van der Waals surface area contributed by atoms with Crippen LogP contribution in [0.5, 0.6) is 5.75 Å². The maximum Gasteiger partial charge on any atom is 0.339 e. The maximum atomic E-state index is 12.6. The Labute approximate surface area is 190 Å². The number of para-hydroxylation sites is 1. The van der Waals surface area contributed by atoms with Crippen LogP contribution in [0.15, 0.2) is 69.4 Å². The molecule has 166 valence electrons. The van der Waals surface area contributed by atoms with E-state index in [2.05, 4.69) is 4.99 Å². The van der Waals surface area contributed by atoms with Gasteiger partial charge in [-0.1, -0.05) is 36.4 Å². The van der Waals surface area contributed by atoms with Gasteiger partial charge in [0.1, 0.15) is 10.6 Å². The molecule has 2 aromatic rings. The van der Waals surface area contributed by atoms with Crippen LogP contribution in [0.1, 0.15) is 12.5 Å². The van der Waals surface area contributed by atoms with Gasteiger partial charge in [-0.05, 0) is 36.0 Å². The fraction of sp³-hybridized carbons (Fsp3) is 0.227. The minimum absolute atomic E-state index is 0.0318. The molecule has 0 bridgehead atoms. The van der Waals surface area contributed by atoms with Crippen molar-refractivity contribution in [3.8, 4) is 5.75 Å². The zero-order chi connectivity index (χ0) is 22.7. The van der Waals surface area contributed by atoms with Crippen molar-refractivity contribution in [2.24, 2.45) is 4.99 Å². The molecule has 2 aromatic carbocycles. The predicted octanol–water partition coefficient (Wildman–Crippen LogP) is 2.59. The number of thioether (sulfide) groups is 1. The first-order chi connectivity index (χ1) is 15.3. The van der Waals surface area contributed by atoms with Gasteiger partial charge in [-0.3, -0.25) is 9.59 Å². The molecular weight excluding hydrogens is 450 g/mol. The number of carbonyl (C=O) groups excluding carboxylic acids is 2. The van der Waals surface area contributed by atoms with Crippen LogP contribution in [0.25, 0.3) is 6.08 Å². The van der Waals surface area contributed by atoms with Gasteiger partial charge in [-0.2, -0.15) is 13.4 Å². The van der Waals surface area contributed by atoms with Crippen LogP contribution in [0, 0.1) is 0 Å². The molecule has 0 spiro atoms. The number of hydrogen-bond acceptors (Lipinski definition) is 7. The summed E-state index contributed by atoms with van der Waals surface area (Å²) in [5.74, 6) is -0.232. The molecule has 0 saturated carbocycles. The van der Waals surface area contributed by atoms with Crippen LogP contribution in [-0.2, 0) is 19.7 Å². The van der Waals surface area contributed by atoms with Crippen molar-refractivity contribution in [3.63, 3.8) is 0 Å². The number of piperazine rings is 1. The Kier molecular flexibility index (Phi) is 6.33.